The average Bonchev–Trinajstić information content (AvgIpc) is 2.34. The third-order valence-corrected chi connectivity index (χ3v) is 3.50. The van der Waals surface area contributed by atoms with Gasteiger partial charge in [-0.3, -0.25) is 0 Å². The Balaban J connectivity index is 3.09. The van der Waals surface area contributed by atoms with E-state index in [2.05, 4.69) is 52.8 Å². The fourth-order valence-electron chi connectivity index (χ4n) is 2.15. The van der Waals surface area contributed by atoms with Crippen molar-refractivity contribution in [1.29, 1.82) is 5.26 Å². The number of methoxy groups -OCH3 is 1. The van der Waals surface area contributed by atoms with Crippen molar-refractivity contribution in [3.8, 4) is 11.8 Å². The molecular weight excluding hydrogens is 234 g/mol. The largest absolute Gasteiger partial charge is 0.496 e. The lowest BCUT2D eigenvalue weighted by atomic mass is 9.83. The van der Waals surface area contributed by atoms with Crippen LogP contribution in [0.3, 0.4) is 0 Å². The molecule has 0 spiro atoms. The predicted octanol–water partition coefficient (Wildman–Crippen LogP) is 4.33. The van der Waals surface area contributed by atoms with Gasteiger partial charge in [0.2, 0.25) is 0 Å². The minimum absolute atomic E-state index is 0.0430. The third kappa shape index (κ3) is 3.99. The highest BCUT2D eigenvalue weighted by molar-refractivity contribution is 5.41. The first-order chi connectivity index (χ1) is 8.79. The van der Waals surface area contributed by atoms with Gasteiger partial charge in [0.25, 0.3) is 0 Å². The zero-order chi connectivity index (χ0) is 14.6. The molecule has 0 radical (unpaired) electrons. The molecule has 0 saturated heterocycles. The van der Waals surface area contributed by atoms with Crippen LogP contribution in [0.25, 0.3) is 0 Å². The van der Waals surface area contributed by atoms with Gasteiger partial charge in [0.1, 0.15) is 5.75 Å². The molecule has 1 rings (SSSR count). The molecule has 0 aliphatic rings. The maximum atomic E-state index is 9.21. The minimum atomic E-state index is 0.0430. The second-order valence-corrected chi connectivity index (χ2v) is 6.47. The van der Waals surface area contributed by atoms with Crippen molar-refractivity contribution in [3.63, 3.8) is 0 Å². The molecule has 2 heteroatoms. The number of nitrogens with zero attached hydrogens (tertiary/aromatic N) is 1. The zero-order valence-corrected chi connectivity index (χ0v) is 12.9. The summed E-state index contributed by atoms with van der Waals surface area (Å²) in [4.78, 5) is 0. The molecule has 0 aliphatic heterocycles. The number of hydrogen-bond donors (Lipinski definition) is 0. The molecule has 1 unspecified atom stereocenters. The third-order valence-electron chi connectivity index (χ3n) is 3.50. The van der Waals surface area contributed by atoms with Crippen LogP contribution in [-0.4, -0.2) is 7.11 Å². The monoisotopic (exact) mass is 259 g/mol. The zero-order valence-electron chi connectivity index (χ0n) is 12.9. The van der Waals surface area contributed by atoms with Crippen molar-refractivity contribution in [2.45, 2.75) is 46.5 Å². The van der Waals surface area contributed by atoms with Gasteiger partial charge in [-0.25, -0.2) is 0 Å². The van der Waals surface area contributed by atoms with E-state index in [0.29, 0.717) is 5.92 Å². The molecule has 0 heterocycles. The fourth-order valence-corrected chi connectivity index (χ4v) is 2.15. The van der Waals surface area contributed by atoms with Crippen LogP contribution in [0.2, 0.25) is 0 Å². The SMILES string of the molecule is COc1ccc(CC(C#N)C(C)C)cc1C(C)(C)C. The van der Waals surface area contributed by atoms with Crippen molar-refractivity contribution < 1.29 is 4.74 Å². The van der Waals surface area contributed by atoms with E-state index in [4.69, 9.17) is 4.74 Å². The van der Waals surface area contributed by atoms with Gasteiger partial charge < -0.3 is 4.74 Å². The smallest absolute Gasteiger partial charge is 0.122 e. The molecule has 0 saturated carbocycles. The van der Waals surface area contributed by atoms with Crippen LogP contribution in [0.1, 0.15) is 45.7 Å². The van der Waals surface area contributed by atoms with E-state index in [1.807, 2.05) is 6.07 Å². The molecule has 0 bridgehead atoms. The normalized spacial score (nSPS) is 13.2. The Morgan fingerprint density at radius 2 is 1.89 bits per heavy atom. The van der Waals surface area contributed by atoms with Crippen LogP contribution in [0.15, 0.2) is 18.2 Å². The Bertz CT molecular complexity index is 463. The molecule has 0 fully saturated rings. The fraction of sp³-hybridized carbons (Fsp3) is 0.588. The van der Waals surface area contributed by atoms with Crippen LogP contribution in [-0.2, 0) is 11.8 Å². The molecular formula is C17H25NO. The standard InChI is InChI=1S/C17H25NO/c1-12(2)14(11-18)9-13-7-8-16(19-6)15(10-13)17(3,4)5/h7-8,10,12,14H,9H2,1-6H3. The molecule has 0 aliphatic carbocycles. The first kappa shape index (κ1) is 15.6. The van der Waals surface area contributed by atoms with Crippen LogP contribution in [0.5, 0.6) is 5.75 Å². The van der Waals surface area contributed by atoms with E-state index in [9.17, 15) is 5.26 Å². The summed E-state index contributed by atoms with van der Waals surface area (Å²) in [6.07, 6.45) is 0.807. The average molecular weight is 259 g/mol. The van der Waals surface area contributed by atoms with Gasteiger partial charge in [-0.05, 0) is 34.9 Å². The first-order valence-corrected chi connectivity index (χ1v) is 6.86. The van der Waals surface area contributed by atoms with Crippen molar-refractivity contribution in [3.05, 3.63) is 29.3 Å². The summed E-state index contributed by atoms with van der Waals surface area (Å²) in [6, 6.07) is 8.68. The van der Waals surface area contributed by atoms with Crippen molar-refractivity contribution >= 4 is 0 Å². The lowest BCUT2D eigenvalue weighted by Gasteiger charge is -2.23. The molecule has 1 aromatic carbocycles. The van der Waals surface area contributed by atoms with Crippen molar-refractivity contribution in [1.82, 2.24) is 0 Å². The Kier molecular flexibility index (Phi) is 5.00. The van der Waals surface area contributed by atoms with Gasteiger partial charge >= 0.3 is 0 Å². The summed E-state index contributed by atoms with van der Waals surface area (Å²) >= 11 is 0. The van der Waals surface area contributed by atoms with Gasteiger partial charge in [-0.15, -0.1) is 0 Å². The second-order valence-electron chi connectivity index (χ2n) is 6.47. The topological polar surface area (TPSA) is 33.0 Å². The molecule has 1 atom stereocenters. The molecule has 0 amide bonds. The van der Waals surface area contributed by atoms with Crippen LogP contribution in [0, 0.1) is 23.2 Å². The number of hydrogen-bond acceptors (Lipinski definition) is 2. The first-order valence-electron chi connectivity index (χ1n) is 6.86. The highest BCUT2D eigenvalue weighted by atomic mass is 16.5. The Hall–Kier alpha value is -1.49. The summed E-state index contributed by atoms with van der Waals surface area (Å²) < 4.78 is 5.44. The maximum Gasteiger partial charge on any atom is 0.122 e. The van der Waals surface area contributed by atoms with Gasteiger partial charge in [-0.1, -0.05) is 46.8 Å². The Labute approximate surface area is 117 Å². The second kappa shape index (κ2) is 6.10. The van der Waals surface area contributed by atoms with Crippen LogP contribution in [0.4, 0.5) is 0 Å². The van der Waals surface area contributed by atoms with Crippen molar-refractivity contribution in [2.24, 2.45) is 11.8 Å². The molecule has 19 heavy (non-hydrogen) atoms. The number of nitriles is 1. The van der Waals surface area contributed by atoms with Crippen LogP contribution >= 0.6 is 0 Å². The Morgan fingerprint density at radius 1 is 1.26 bits per heavy atom. The summed E-state index contributed by atoms with van der Waals surface area (Å²) in [6.45, 7) is 10.7. The molecule has 104 valence electrons. The van der Waals surface area contributed by atoms with Gasteiger partial charge in [0, 0.05) is 0 Å². The van der Waals surface area contributed by atoms with Crippen molar-refractivity contribution in [2.75, 3.05) is 7.11 Å². The maximum absolute atomic E-state index is 9.21. The van der Waals surface area contributed by atoms with Gasteiger partial charge in [0.05, 0.1) is 19.1 Å². The van der Waals surface area contributed by atoms with Crippen LogP contribution < -0.4 is 4.74 Å². The summed E-state index contributed by atoms with van der Waals surface area (Å²) in [5, 5.41) is 9.21. The number of ether oxygens (including phenoxy) is 1. The molecule has 2 nitrogen and oxygen atoms in total. The van der Waals surface area contributed by atoms with E-state index in [0.717, 1.165) is 12.2 Å². The van der Waals surface area contributed by atoms with E-state index in [1.54, 1.807) is 7.11 Å². The number of rotatable bonds is 4. The summed E-state index contributed by atoms with van der Waals surface area (Å²) in [7, 11) is 1.70. The predicted molar refractivity (Wildman–Crippen MR) is 79.3 cm³/mol. The van der Waals surface area contributed by atoms with Gasteiger partial charge in [0.15, 0.2) is 0 Å². The molecule has 1 aromatic rings. The molecule has 0 N–H and O–H groups in total. The highest BCUT2D eigenvalue weighted by Crippen LogP contribution is 2.32. The van der Waals surface area contributed by atoms with E-state index < -0.39 is 0 Å². The van der Waals surface area contributed by atoms with Gasteiger partial charge in [-0.2, -0.15) is 5.26 Å². The van der Waals surface area contributed by atoms with E-state index in [-0.39, 0.29) is 11.3 Å². The molecule has 0 aromatic heterocycles. The van der Waals surface area contributed by atoms with E-state index >= 15 is 0 Å². The summed E-state index contributed by atoms with van der Waals surface area (Å²) in [5.41, 5.74) is 2.46. The lowest BCUT2D eigenvalue weighted by Crippen LogP contribution is -2.15. The minimum Gasteiger partial charge on any atom is -0.496 e. The quantitative estimate of drug-likeness (QED) is 0.806. The van der Waals surface area contributed by atoms with E-state index in [1.165, 1.54) is 11.1 Å². The Morgan fingerprint density at radius 3 is 2.32 bits per heavy atom. The lowest BCUT2D eigenvalue weighted by molar-refractivity contribution is 0.397. The number of benzene rings is 1. The highest BCUT2D eigenvalue weighted by Gasteiger charge is 2.20. The summed E-state index contributed by atoms with van der Waals surface area (Å²) in [5.74, 6) is 1.38.